The zero-order valence-corrected chi connectivity index (χ0v) is 27.6. The van der Waals surface area contributed by atoms with Crippen LogP contribution in [0.15, 0.2) is 108 Å². The predicted octanol–water partition coefficient (Wildman–Crippen LogP) is 6.11. The molecule has 0 aliphatic heterocycles. The predicted molar refractivity (Wildman–Crippen MR) is 177 cm³/mol. The van der Waals surface area contributed by atoms with Gasteiger partial charge in [0.25, 0.3) is 10.0 Å². The number of halogens is 2. The molecule has 0 heterocycles. The number of benzene rings is 4. The number of ether oxygens (including phenoxy) is 1. The third-order valence-corrected chi connectivity index (χ3v) is 8.97. The number of amides is 2. The topological polar surface area (TPSA) is 96.0 Å². The first-order valence-corrected chi connectivity index (χ1v) is 16.6. The summed E-state index contributed by atoms with van der Waals surface area (Å²) in [5.74, 6) is -1.98. The standard InChI is InChI=1S/C36H39F2N3O5S/c1-5-46-30-19-21-31(22-20-30)47(44,45)41(29-17-15-28(37)16-18-29)25-34(42)40(24-27-13-9-10-14-32(27)38)33(35(43)39-36(2,3)4)23-26-11-7-6-8-12-26/h6-22,33H,5,23-25H2,1-4H3,(H,39,43). The maximum absolute atomic E-state index is 15.0. The zero-order chi connectivity index (χ0) is 34.2. The highest BCUT2D eigenvalue weighted by atomic mass is 32.2. The quantitative estimate of drug-likeness (QED) is 0.186. The van der Waals surface area contributed by atoms with Crippen molar-refractivity contribution < 1.29 is 31.5 Å². The van der Waals surface area contributed by atoms with Crippen LogP contribution in [0.25, 0.3) is 0 Å². The number of anilines is 1. The van der Waals surface area contributed by atoms with Crippen LogP contribution in [0.5, 0.6) is 5.75 Å². The molecule has 0 radical (unpaired) electrons. The van der Waals surface area contributed by atoms with Gasteiger partial charge >= 0.3 is 0 Å². The lowest BCUT2D eigenvalue weighted by molar-refractivity contribution is -0.140. The molecule has 11 heteroatoms. The Morgan fingerprint density at radius 2 is 1.47 bits per heavy atom. The molecule has 8 nitrogen and oxygen atoms in total. The van der Waals surface area contributed by atoms with Crippen LogP contribution < -0.4 is 14.4 Å². The van der Waals surface area contributed by atoms with Crippen molar-refractivity contribution in [3.63, 3.8) is 0 Å². The van der Waals surface area contributed by atoms with Crippen molar-refractivity contribution in [3.05, 3.63) is 126 Å². The van der Waals surface area contributed by atoms with Gasteiger partial charge in [-0.25, -0.2) is 17.2 Å². The van der Waals surface area contributed by atoms with Gasteiger partial charge in [0.15, 0.2) is 0 Å². The van der Waals surface area contributed by atoms with Crippen LogP contribution in [0.3, 0.4) is 0 Å². The fraction of sp³-hybridized carbons (Fsp3) is 0.278. The van der Waals surface area contributed by atoms with Crippen LogP contribution in [0.1, 0.15) is 38.8 Å². The highest BCUT2D eigenvalue weighted by molar-refractivity contribution is 7.92. The molecule has 4 aromatic rings. The van der Waals surface area contributed by atoms with E-state index in [9.17, 15) is 22.4 Å². The van der Waals surface area contributed by atoms with Gasteiger partial charge in [-0.1, -0.05) is 48.5 Å². The van der Waals surface area contributed by atoms with Gasteiger partial charge in [0.05, 0.1) is 17.2 Å². The maximum atomic E-state index is 15.0. The molecule has 47 heavy (non-hydrogen) atoms. The summed E-state index contributed by atoms with van der Waals surface area (Å²) in [7, 11) is -4.41. The van der Waals surface area contributed by atoms with Crippen molar-refractivity contribution >= 4 is 27.5 Å². The fourth-order valence-electron chi connectivity index (χ4n) is 4.95. The lowest BCUT2D eigenvalue weighted by Gasteiger charge is -2.35. The van der Waals surface area contributed by atoms with E-state index in [0.29, 0.717) is 12.4 Å². The molecule has 0 saturated heterocycles. The summed E-state index contributed by atoms with van der Waals surface area (Å²) in [6.45, 7) is 6.50. The van der Waals surface area contributed by atoms with E-state index in [1.807, 2.05) is 18.2 Å². The molecule has 1 N–H and O–H groups in total. The SMILES string of the molecule is CCOc1ccc(S(=O)(=O)N(CC(=O)N(Cc2ccccc2F)C(Cc2ccccc2)C(=O)NC(C)(C)C)c2ccc(F)cc2)cc1. The summed E-state index contributed by atoms with van der Waals surface area (Å²) in [4.78, 5) is 29.4. The largest absolute Gasteiger partial charge is 0.494 e. The first-order chi connectivity index (χ1) is 22.3. The third-order valence-electron chi connectivity index (χ3n) is 7.18. The molecule has 2 amide bonds. The van der Waals surface area contributed by atoms with Crippen LogP contribution >= 0.6 is 0 Å². The molecule has 0 aromatic heterocycles. The number of hydrogen-bond acceptors (Lipinski definition) is 5. The number of carbonyl (C=O) groups excluding carboxylic acids is 2. The van der Waals surface area contributed by atoms with E-state index in [4.69, 9.17) is 4.74 Å². The van der Waals surface area contributed by atoms with Crippen LogP contribution in [-0.2, 0) is 32.6 Å². The number of nitrogens with zero attached hydrogens (tertiary/aromatic N) is 2. The van der Waals surface area contributed by atoms with E-state index in [-0.39, 0.29) is 29.1 Å². The van der Waals surface area contributed by atoms with Gasteiger partial charge in [-0.2, -0.15) is 0 Å². The second kappa shape index (κ2) is 15.2. The summed E-state index contributed by atoms with van der Waals surface area (Å²) in [6.07, 6.45) is 0.0745. The van der Waals surface area contributed by atoms with Crippen LogP contribution in [0, 0.1) is 11.6 Å². The molecule has 248 valence electrons. The molecule has 4 aromatic carbocycles. The highest BCUT2D eigenvalue weighted by Gasteiger charge is 2.36. The fourth-order valence-corrected chi connectivity index (χ4v) is 6.37. The lowest BCUT2D eigenvalue weighted by atomic mass is 10.0. The van der Waals surface area contributed by atoms with Crippen molar-refractivity contribution in [2.45, 2.75) is 57.1 Å². The summed E-state index contributed by atoms with van der Waals surface area (Å²) in [6, 6.07) is 24.2. The van der Waals surface area contributed by atoms with Crippen molar-refractivity contribution in [2.24, 2.45) is 0 Å². The van der Waals surface area contributed by atoms with Crippen molar-refractivity contribution in [1.29, 1.82) is 0 Å². The van der Waals surface area contributed by atoms with Gasteiger partial charge in [-0.15, -0.1) is 0 Å². The average Bonchev–Trinajstić information content (AvgIpc) is 3.03. The Hall–Kier alpha value is -4.77. The smallest absolute Gasteiger partial charge is 0.264 e. The van der Waals surface area contributed by atoms with Gasteiger partial charge < -0.3 is 15.0 Å². The Kier molecular flexibility index (Phi) is 11.4. The van der Waals surface area contributed by atoms with Gasteiger partial charge in [0, 0.05) is 24.1 Å². The van der Waals surface area contributed by atoms with Gasteiger partial charge in [-0.3, -0.25) is 13.9 Å². The summed E-state index contributed by atoms with van der Waals surface area (Å²) in [5, 5.41) is 2.93. The minimum atomic E-state index is -4.41. The van der Waals surface area contributed by atoms with Crippen LogP contribution in [0.4, 0.5) is 14.5 Å². The Labute approximate surface area is 275 Å². The third kappa shape index (κ3) is 9.38. The van der Waals surface area contributed by atoms with Crippen molar-refractivity contribution in [1.82, 2.24) is 10.2 Å². The summed E-state index contributed by atoms with van der Waals surface area (Å²) >= 11 is 0. The second-order valence-electron chi connectivity index (χ2n) is 12.0. The van der Waals surface area contributed by atoms with Crippen LogP contribution in [-0.4, -0.2) is 49.9 Å². The van der Waals surface area contributed by atoms with Crippen molar-refractivity contribution in [3.8, 4) is 5.75 Å². The molecule has 1 atom stereocenters. The van der Waals surface area contributed by atoms with E-state index in [1.54, 1.807) is 45.9 Å². The molecule has 4 rings (SSSR count). The normalized spacial score (nSPS) is 12.2. The van der Waals surface area contributed by atoms with Gasteiger partial charge in [-0.05, 0) is 87.9 Å². The van der Waals surface area contributed by atoms with E-state index in [1.165, 1.54) is 59.5 Å². The molecule has 0 saturated carbocycles. The monoisotopic (exact) mass is 663 g/mol. The van der Waals surface area contributed by atoms with E-state index < -0.39 is 51.6 Å². The number of sulfonamides is 1. The molecule has 0 aliphatic rings. The van der Waals surface area contributed by atoms with Crippen molar-refractivity contribution in [2.75, 3.05) is 17.5 Å². The lowest BCUT2D eigenvalue weighted by Crippen LogP contribution is -2.56. The van der Waals surface area contributed by atoms with E-state index in [0.717, 1.165) is 22.0 Å². The summed E-state index contributed by atoms with van der Waals surface area (Å²) < 4.78 is 63.6. The zero-order valence-electron chi connectivity index (χ0n) is 26.8. The first-order valence-electron chi connectivity index (χ1n) is 15.2. The molecule has 0 bridgehead atoms. The van der Waals surface area contributed by atoms with E-state index >= 15 is 4.39 Å². The molecule has 1 unspecified atom stereocenters. The number of rotatable bonds is 13. The van der Waals surface area contributed by atoms with Crippen LogP contribution in [0.2, 0.25) is 0 Å². The Balaban J connectivity index is 1.81. The Morgan fingerprint density at radius 3 is 2.06 bits per heavy atom. The minimum Gasteiger partial charge on any atom is -0.494 e. The second-order valence-corrected chi connectivity index (χ2v) is 13.8. The van der Waals surface area contributed by atoms with Gasteiger partial charge in [0.2, 0.25) is 11.8 Å². The van der Waals surface area contributed by atoms with E-state index in [2.05, 4.69) is 5.32 Å². The number of carbonyl (C=O) groups is 2. The van der Waals surface area contributed by atoms with Gasteiger partial charge in [0.1, 0.15) is 30.0 Å². The first kappa shape index (κ1) is 35.1. The highest BCUT2D eigenvalue weighted by Crippen LogP contribution is 2.27. The Bertz CT molecular complexity index is 1760. The molecular formula is C36H39F2N3O5S. The average molecular weight is 664 g/mol. The summed E-state index contributed by atoms with van der Waals surface area (Å²) in [5.41, 5.74) is 0.240. The number of hydrogen-bond donors (Lipinski definition) is 1. The molecule has 0 aliphatic carbocycles. The minimum absolute atomic E-state index is 0.0261. The maximum Gasteiger partial charge on any atom is 0.264 e. The number of nitrogens with one attached hydrogen (secondary N) is 1. The molecule has 0 spiro atoms. The Morgan fingerprint density at radius 1 is 0.851 bits per heavy atom. The molecule has 0 fully saturated rings. The molecular weight excluding hydrogens is 624 g/mol.